The molecular formula is C26H46N4O7S. The molecule has 0 aromatic heterocycles. The molecule has 1 aliphatic carbocycles. The van der Waals surface area contributed by atoms with Crippen molar-refractivity contribution in [2.75, 3.05) is 45.9 Å². The number of ether oxygens (including phenoxy) is 2. The zero-order valence-electron chi connectivity index (χ0n) is 23.6. The van der Waals surface area contributed by atoms with E-state index < -0.39 is 33.0 Å². The summed E-state index contributed by atoms with van der Waals surface area (Å²) >= 11 is 0. The number of likely N-dealkylation sites (tertiary alicyclic amines) is 1. The highest BCUT2D eigenvalue weighted by Crippen LogP contribution is 2.30. The summed E-state index contributed by atoms with van der Waals surface area (Å²) in [7, 11) is -3.46. The molecule has 2 heterocycles. The van der Waals surface area contributed by atoms with E-state index in [9.17, 15) is 22.8 Å². The van der Waals surface area contributed by atoms with E-state index in [0.29, 0.717) is 64.8 Å². The number of sulfonamides is 1. The van der Waals surface area contributed by atoms with E-state index in [-0.39, 0.29) is 17.8 Å². The van der Waals surface area contributed by atoms with E-state index in [2.05, 4.69) is 10.2 Å². The molecule has 3 rings (SSSR count). The van der Waals surface area contributed by atoms with Gasteiger partial charge in [-0.1, -0.05) is 0 Å². The Labute approximate surface area is 227 Å². The van der Waals surface area contributed by atoms with Crippen LogP contribution in [0.5, 0.6) is 0 Å². The fourth-order valence-corrected chi connectivity index (χ4v) is 7.57. The van der Waals surface area contributed by atoms with Crippen molar-refractivity contribution in [2.45, 2.75) is 96.1 Å². The van der Waals surface area contributed by atoms with E-state index >= 15 is 0 Å². The molecule has 1 atom stereocenters. The number of nitrogens with zero attached hydrogens (tertiary/aromatic N) is 3. The Morgan fingerprint density at radius 2 is 1.50 bits per heavy atom. The second-order valence-electron chi connectivity index (χ2n) is 11.6. The van der Waals surface area contributed by atoms with E-state index in [0.717, 1.165) is 25.7 Å². The number of nitrogens with one attached hydrogen (secondary N) is 1. The van der Waals surface area contributed by atoms with Gasteiger partial charge in [0.25, 0.3) is 0 Å². The van der Waals surface area contributed by atoms with Gasteiger partial charge in [0, 0.05) is 45.3 Å². The van der Waals surface area contributed by atoms with Gasteiger partial charge in [-0.25, -0.2) is 13.2 Å². The molecule has 3 fully saturated rings. The van der Waals surface area contributed by atoms with Crippen LogP contribution in [0.2, 0.25) is 0 Å². The number of alkyl carbamates (subject to hydrolysis) is 1. The van der Waals surface area contributed by atoms with E-state index in [4.69, 9.17) is 9.47 Å². The Balaban J connectivity index is 1.42. The van der Waals surface area contributed by atoms with Crippen LogP contribution in [0.25, 0.3) is 0 Å². The molecule has 2 aliphatic heterocycles. The maximum Gasteiger partial charge on any atom is 0.408 e. The van der Waals surface area contributed by atoms with Gasteiger partial charge in [0.2, 0.25) is 15.9 Å². The fraction of sp³-hybridized carbons (Fsp3) is 0.885. The Bertz CT molecular complexity index is 928. The van der Waals surface area contributed by atoms with E-state index in [1.54, 1.807) is 36.9 Å². The lowest BCUT2D eigenvalue weighted by molar-refractivity contribution is -0.149. The Kier molecular flexibility index (Phi) is 10.4. The van der Waals surface area contributed by atoms with Crippen LogP contribution in [-0.4, -0.2) is 109 Å². The molecule has 0 spiro atoms. The topological polar surface area (TPSA) is 126 Å². The standard InChI is InChI=1S/C26H46N4O7S/c1-6-36-24(32)20-7-9-21(10-8-20)28-15-17-30(18-16-28)38(34,35)22-11-13-29(14-12-22)23(31)19(2)27-25(33)37-26(3,4)5/h19-22H,6-18H2,1-5H3,(H,27,33)/t19-,20-,21-/m0/s1. The number of amides is 2. The van der Waals surface area contributed by atoms with E-state index in [1.807, 2.05) is 6.92 Å². The largest absolute Gasteiger partial charge is 0.466 e. The van der Waals surface area contributed by atoms with Crippen molar-refractivity contribution >= 4 is 28.0 Å². The lowest BCUT2D eigenvalue weighted by atomic mass is 9.85. The third kappa shape index (κ3) is 8.05. The molecule has 0 unspecified atom stereocenters. The van der Waals surface area contributed by atoms with Crippen LogP contribution in [0.4, 0.5) is 4.79 Å². The first-order chi connectivity index (χ1) is 17.8. The van der Waals surface area contributed by atoms with Crippen LogP contribution in [0, 0.1) is 5.92 Å². The Hall–Kier alpha value is -1.92. The minimum atomic E-state index is -3.46. The quantitative estimate of drug-likeness (QED) is 0.470. The van der Waals surface area contributed by atoms with Crippen molar-refractivity contribution in [3.8, 4) is 0 Å². The van der Waals surface area contributed by atoms with Crippen LogP contribution in [0.15, 0.2) is 0 Å². The number of carbonyl (C=O) groups excluding carboxylic acids is 3. The molecule has 1 N–H and O–H groups in total. The van der Waals surface area contributed by atoms with Crippen LogP contribution in [0.3, 0.4) is 0 Å². The summed E-state index contributed by atoms with van der Waals surface area (Å²) in [6, 6.07) is -0.366. The summed E-state index contributed by atoms with van der Waals surface area (Å²) in [6.07, 6.45) is 3.63. The Morgan fingerprint density at radius 1 is 0.921 bits per heavy atom. The SMILES string of the molecule is CCOC(=O)[C@H]1CC[C@H](N2CCN(S(=O)(=O)C3CCN(C(=O)[C@H](C)NC(=O)OC(C)(C)C)CC3)CC2)CC1. The molecule has 11 nitrogen and oxygen atoms in total. The smallest absolute Gasteiger partial charge is 0.408 e. The van der Waals surface area contributed by atoms with Crippen molar-refractivity contribution in [1.29, 1.82) is 0 Å². The van der Waals surface area contributed by atoms with E-state index in [1.165, 1.54) is 0 Å². The summed E-state index contributed by atoms with van der Waals surface area (Å²) in [6.45, 7) is 12.1. The molecule has 0 aromatic rings. The van der Waals surface area contributed by atoms with Gasteiger partial charge >= 0.3 is 12.1 Å². The number of carbonyl (C=O) groups is 3. The van der Waals surface area contributed by atoms with Crippen LogP contribution >= 0.6 is 0 Å². The van der Waals surface area contributed by atoms with Gasteiger partial charge in [-0.15, -0.1) is 0 Å². The van der Waals surface area contributed by atoms with Gasteiger partial charge in [-0.2, -0.15) is 4.31 Å². The average Bonchev–Trinajstić information content (AvgIpc) is 2.87. The summed E-state index contributed by atoms with van der Waals surface area (Å²) in [4.78, 5) is 40.8. The fourth-order valence-electron chi connectivity index (χ4n) is 5.66. The van der Waals surface area contributed by atoms with Gasteiger partial charge in [-0.05, 0) is 73.1 Å². The zero-order valence-corrected chi connectivity index (χ0v) is 24.4. The number of piperidine rings is 1. The minimum absolute atomic E-state index is 0.0123. The highest BCUT2D eigenvalue weighted by molar-refractivity contribution is 7.89. The lowest BCUT2D eigenvalue weighted by Gasteiger charge is -2.42. The monoisotopic (exact) mass is 558 g/mol. The van der Waals surface area contributed by atoms with Gasteiger partial charge < -0.3 is 19.7 Å². The van der Waals surface area contributed by atoms with Crippen molar-refractivity contribution in [2.24, 2.45) is 5.92 Å². The van der Waals surface area contributed by atoms with Crippen molar-refractivity contribution < 1.29 is 32.3 Å². The van der Waals surface area contributed by atoms with Gasteiger partial charge in [-0.3, -0.25) is 14.5 Å². The molecule has 12 heteroatoms. The molecule has 2 amide bonds. The first-order valence-electron chi connectivity index (χ1n) is 14.0. The number of piperazine rings is 1. The maximum atomic E-state index is 13.4. The highest BCUT2D eigenvalue weighted by atomic mass is 32.2. The van der Waals surface area contributed by atoms with Gasteiger partial charge in [0.15, 0.2) is 0 Å². The third-order valence-corrected chi connectivity index (χ3v) is 10.1. The first kappa shape index (κ1) is 30.6. The van der Waals surface area contributed by atoms with Gasteiger partial charge in [0.1, 0.15) is 11.6 Å². The minimum Gasteiger partial charge on any atom is -0.466 e. The van der Waals surface area contributed by atoms with Crippen LogP contribution in [-0.2, 0) is 29.1 Å². The van der Waals surface area contributed by atoms with Gasteiger partial charge in [0.05, 0.1) is 17.8 Å². The number of hydrogen-bond acceptors (Lipinski definition) is 8. The van der Waals surface area contributed by atoms with Crippen LogP contribution < -0.4 is 5.32 Å². The number of hydrogen-bond donors (Lipinski definition) is 1. The lowest BCUT2D eigenvalue weighted by Crippen LogP contribution is -2.56. The van der Waals surface area contributed by atoms with Crippen LogP contribution in [0.1, 0.15) is 73.1 Å². The van der Waals surface area contributed by atoms with Crippen molar-refractivity contribution in [3.05, 3.63) is 0 Å². The maximum absolute atomic E-state index is 13.4. The molecule has 0 aromatic carbocycles. The van der Waals surface area contributed by atoms with Crippen molar-refractivity contribution in [1.82, 2.24) is 19.4 Å². The molecule has 0 radical (unpaired) electrons. The number of esters is 1. The number of rotatable bonds is 7. The highest BCUT2D eigenvalue weighted by Gasteiger charge is 2.39. The second kappa shape index (κ2) is 13.0. The normalized spacial score (nSPS) is 25.4. The second-order valence-corrected chi connectivity index (χ2v) is 13.8. The van der Waals surface area contributed by atoms with Crippen molar-refractivity contribution in [3.63, 3.8) is 0 Å². The molecule has 218 valence electrons. The average molecular weight is 559 g/mol. The molecular weight excluding hydrogens is 512 g/mol. The molecule has 2 saturated heterocycles. The Morgan fingerprint density at radius 3 is 2.03 bits per heavy atom. The molecule has 1 saturated carbocycles. The first-order valence-corrected chi connectivity index (χ1v) is 15.5. The zero-order chi connectivity index (χ0) is 28.1. The summed E-state index contributed by atoms with van der Waals surface area (Å²) in [5.41, 5.74) is -0.658. The summed E-state index contributed by atoms with van der Waals surface area (Å²) < 4.78 is 38.7. The summed E-state index contributed by atoms with van der Waals surface area (Å²) in [5, 5.41) is 2.06. The molecule has 0 bridgehead atoms. The third-order valence-electron chi connectivity index (χ3n) is 7.74. The predicted octanol–water partition coefficient (Wildman–Crippen LogP) is 1.96. The molecule has 3 aliphatic rings. The molecule has 38 heavy (non-hydrogen) atoms. The summed E-state index contributed by atoms with van der Waals surface area (Å²) in [5.74, 6) is -0.344. The predicted molar refractivity (Wildman–Crippen MR) is 143 cm³/mol.